The van der Waals surface area contributed by atoms with Gasteiger partial charge in [-0.15, -0.1) is 0 Å². The number of halogens is 1. The molecular formula is C22H13ClN2O. The lowest BCUT2D eigenvalue weighted by atomic mass is 10.0. The van der Waals surface area contributed by atoms with Crippen molar-refractivity contribution in [1.29, 1.82) is 5.26 Å². The van der Waals surface area contributed by atoms with E-state index in [1.165, 1.54) is 0 Å². The normalized spacial score (nSPS) is 10.5. The fourth-order valence-electron chi connectivity index (χ4n) is 2.79. The van der Waals surface area contributed by atoms with Crippen LogP contribution in [0, 0.1) is 11.3 Å². The van der Waals surface area contributed by atoms with Crippen molar-refractivity contribution in [2.45, 2.75) is 0 Å². The summed E-state index contributed by atoms with van der Waals surface area (Å²) in [6, 6.07) is 26.8. The Kier molecular flexibility index (Phi) is 4.27. The smallest absolute Gasteiger partial charge is 0.127 e. The van der Waals surface area contributed by atoms with Crippen LogP contribution in [0.2, 0.25) is 5.02 Å². The number of hydrogen-bond donors (Lipinski definition) is 0. The van der Waals surface area contributed by atoms with E-state index in [1.807, 2.05) is 78.9 Å². The summed E-state index contributed by atoms with van der Waals surface area (Å²) < 4.78 is 5.81. The second-order valence-electron chi connectivity index (χ2n) is 5.72. The number of hydrogen-bond acceptors (Lipinski definition) is 3. The molecule has 0 atom stereocenters. The van der Waals surface area contributed by atoms with Crippen LogP contribution in [0.15, 0.2) is 78.9 Å². The first-order valence-electron chi connectivity index (χ1n) is 8.08. The van der Waals surface area contributed by atoms with Gasteiger partial charge in [0.05, 0.1) is 21.8 Å². The molecule has 0 spiro atoms. The molecule has 0 amide bonds. The van der Waals surface area contributed by atoms with Crippen LogP contribution in [0.25, 0.3) is 22.2 Å². The van der Waals surface area contributed by atoms with Crippen molar-refractivity contribution >= 4 is 22.5 Å². The van der Waals surface area contributed by atoms with E-state index >= 15 is 0 Å². The molecule has 0 N–H and O–H groups in total. The summed E-state index contributed by atoms with van der Waals surface area (Å²) in [5.41, 5.74) is 2.52. The van der Waals surface area contributed by atoms with Gasteiger partial charge in [-0.25, -0.2) is 4.98 Å². The monoisotopic (exact) mass is 356 g/mol. The molecule has 0 saturated carbocycles. The van der Waals surface area contributed by atoms with E-state index in [0.29, 0.717) is 22.0 Å². The molecule has 4 heteroatoms. The number of ether oxygens (including phenoxy) is 1. The lowest BCUT2D eigenvalue weighted by molar-refractivity contribution is 0.483. The van der Waals surface area contributed by atoms with Gasteiger partial charge in [-0.3, -0.25) is 0 Å². The Hall–Kier alpha value is -3.35. The van der Waals surface area contributed by atoms with E-state index < -0.39 is 0 Å². The first-order chi connectivity index (χ1) is 12.8. The molecule has 0 aliphatic rings. The fourth-order valence-corrected chi connectivity index (χ4v) is 3.08. The van der Waals surface area contributed by atoms with Crippen LogP contribution < -0.4 is 4.74 Å². The number of nitrogens with zero attached hydrogens (tertiary/aromatic N) is 2. The quantitative estimate of drug-likeness (QED) is 0.437. The van der Waals surface area contributed by atoms with Crippen LogP contribution in [0.4, 0.5) is 0 Å². The largest absolute Gasteiger partial charge is 0.457 e. The predicted molar refractivity (Wildman–Crippen MR) is 103 cm³/mol. The molecule has 0 fully saturated rings. The minimum Gasteiger partial charge on any atom is -0.457 e. The molecule has 0 aliphatic heterocycles. The summed E-state index contributed by atoms with van der Waals surface area (Å²) in [6.07, 6.45) is 0. The number of rotatable bonds is 3. The molecule has 4 aromatic rings. The van der Waals surface area contributed by atoms with Gasteiger partial charge >= 0.3 is 0 Å². The van der Waals surface area contributed by atoms with E-state index in [-0.39, 0.29) is 0 Å². The number of benzene rings is 3. The van der Waals surface area contributed by atoms with Crippen molar-refractivity contribution in [2.75, 3.05) is 0 Å². The van der Waals surface area contributed by atoms with Gasteiger partial charge in [0.15, 0.2) is 0 Å². The van der Waals surface area contributed by atoms with Gasteiger partial charge in [0.2, 0.25) is 0 Å². The van der Waals surface area contributed by atoms with Crippen molar-refractivity contribution in [1.82, 2.24) is 4.98 Å². The fraction of sp³-hybridized carbons (Fsp3) is 0. The molecule has 0 radical (unpaired) electrons. The molecule has 3 nitrogen and oxygen atoms in total. The highest BCUT2D eigenvalue weighted by molar-refractivity contribution is 6.37. The third kappa shape index (κ3) is 2.99. The summed E-state index contributed by atoms with van der Waals surface area (Å²) in [5, 5.41) is 10.8. The zero-order chi connectivity index (χ0) is 17.9. The lowest BCUT2D eigenvalue weighted by Crippen LogP contribution is -1.93. The van der Waals surface area contributed by atoms with E-state index in [2.05, 4.69) is 11.1 Å². The van der Waals surface area contributed by atoms with Gasteiger partial charge < -0.3 is 4.74 Å². The first kappa shape index (κ1) is 16.1. The van der Waals surface area contributed by atoms with Crippen LogP contribution in [0.5, 0.6) is 11.5 Å². The van der Waals surface area contributed by atoms with Crippen LogP contribution in [-0.4, -0.2) is 4.98 Å². The third-order valence-electron chi connectivity index (χ3n) is 4.05. The Morgan fingerprint density at radius 1 is 0.808 bits per heavy atom. The molecule has 1 aromatic heterocycles. The highest BCUT2D eigenvalue weighted by Crippen LogP contribution is 2.34. The maximum Gasteiger partial charge on any atom is 0.127 e. The number of aromatic nitrogens is 1. The van der Waals surface area contributed by atoms with Crippen LogP contribution in [0.3, 0.4) is 0 Å². The van der Waals surface area contributed by atoms with Crippen LogP contribution >= 0.6 is 11.6 Å². The topological polar surface area (TPSA) is 45.9 Å². The lowest BCUT2D eigenvalue weighted by Gasteiger charge is -2.10. The first-order valence-corrected chi connectivity index (χ1v) is 8.46. The SMILES string of the molecule is N#Cc1c(-c2ccc(Oc3ccccc3)cc2)nc2ccccc2c1Cl. The summed E-state index contributed by atoms with van der Waals surface area (Å²) in [4.78, 5) is 4.64. The highest BCUT2D eigenvalue weighted by Gasteiger charge is 2.15. The van der Waals surface area contributed by atoms with Crippen LogP contribution in [-0.2, 0) is 0 Å². The Bertz CT molecular complexity index is 1120. The van der Waals surface area contributed by atoms with Gasteiger partial charge in [-0.1, -0.05) is 48.0 Å². The van der Waals surface area contributed by atoms with E-state index in [0.717, 1.165) is 22.2 Å². The molecule has 4 rings (SSSR count). The summed E-state index contributed by atoms with van der Waals surface area (Å²) >= 11 is 6.45. The zero-order valence-corrected chi connectivity index (χ0v) is 14.4. The number of fused-ring (bicyclic) bond motifs is 1. The Balaban J connectivity index is 1.75. The minimum atomic E-state index is 0.377. The number of para-hydroxylation sites is 2. The average Bonchev–Trinajstić information content (AvgIpc) is 2.69. The standard InChI is InChI=1S/C22H13ClN2O/c23-21-18-8-4-5-9-20(18)25-22(19(21)14-24)15-10-12-17(13-11-15)26-16-6-2-1-3-7-16/h1-13H. The zero-order valence-electron chi connectivity index (χ0n) is 13.7. The molecule has 0 aliphatic carbocycles. The van der Waals surface area contributed by atoms with E-state index in [9.17, 15) is 5.26 Å². The minimum absolute atomic E-state index is 0.377. The maximum absolute atomic E-state index is 9.57. The molecule has 3 aromatic carbocycles. The Labute approximate surface area is 156 Å². The van der Waals surface area contributed by atoms with E-state index in [4.69, 9.17) is 16.3 Å². The van der Waals surface area contributed by atoms with Crippen molar-refractivity contribution in [3.05, 3.63) is 89.4 Å². The van der Waals surface area contributed by atoms with E-state index in [1.54, 1.807) is 0 Å². The van der Waals surface area contributed by atoms with Crippen molar-refractivity contribution in [3.8, 4) is 28.8 Å². The van der Waals surface area contributed by atoms with Crippen molar-refractivity contribution in [2.24, 2.45) is 0 Å². The van der Waals surface area contributed by atoms with Gasteiger partial charge in [-0.2, -0.15) is 5.26 Å². The number of pyridine rings is 1. The predicted octanol–water partition coefficient (Wildman–Crippen LogP) is 6.22. The summed E-state index contributed by atoms with van der Waals surface area (Å²) in [6.45, 7) is 0. The molecule has 26 heavy (non-hydrogen) atoms. The third-order valence-corrected chi connectivity index (χ3v) is 4.44. The Morgan fingerprint density at radius 3 is 2.19 bits per heavy atom. The molecule has 0 bridgehead atoms. The van der Waals surface area contributed by atoms with Gasteiger partial charge in [-0.05, 0) is 42.5 Å². The highest BCUT2D eigenvalue weighted by atomic mass is 35.5. The summed E-state index contributed by atoms with van der Waals surface area (Å²) in [5.74, 6) is 1.48. The average molecular weight is 357 g/mol. The van der Waals surface area contributed by atoms with Crippen molar-refractivity contribution in [3.63, 3.8) is 0 Å². The second kappa shape index (κ2) is 6.87. The molecule has 124 valence electrons. The van der Waals surface area contributed by atoms with Gasteiger partial charge in [0, 0.05) is 10.9 Å². The molecule has 0 saturated heterocycles. The summed E-state index contributed by atoms with van der Waals surface area (Å²) in [7, 11) is 0. The molecule has 1 heterocycles. The van der Waals surface area contributed by atoms with Gasteiger partial charge in [0.25, 0.3) is 0 Å². The maximum atomic E-state index is 9.57. The second-order valence-corrected chi connectivity index (χ2v) is 6.10. The molecule has 0 unspecified atom stereocenters. The van der Waals surface area contributed by atoms with Crippen molar-refractivity contribution < 1.29 is 4.74 Å². The van der Waals surface area contributed by atoms with Gasteiger partial charge in [0.1, 0.15) is 17.6 Å². The Morgan fingerprint density at radius 2 is 1.46 bits per heavy atom. The molecular weight excluding hydrogens is 344 g/mol. The number of nitriles is 1. The van der Waals surface area contributed by atoms with Crippen LogP contribution in [0.1, 0.15) is 5.56 Å².